The molecule has 11 heteroatoms. The zero-order valence-corrected chi connectivity index (χ0v) is 17.2. The highest BCUT2D eigenvalue weighted by Crippen LogP contribution is 2.54. The first-order chi connectivity index (χ1) is 15.2. The van der Waals surface area contributed by atoms with Crippen molar-refractivity contribution in [2.45, 2.75) is 56.8 Å². The number of halogens is 3. The summed E-state index contributed by atoms with van der Waals surface area (Å²) in [7, 11) is 0. The molecule has 8 nitrogen and oxygen atoms in total. The molecule has 0 bridgehead atoms. The van der Waals surface area contributed by atoms with Crippen LogP contribution in [0.4, 0.5) is 18.0 Å². The van der Waals surface area contributed by atoms with Gasteiger partial charge in [0.25, 0.3) is 0 Å². The molecule has 0 aromatic carbocycles. The minimum absolute atomic E-state index is 0.0887. The number of amides is 2. The van der Waals surface area contributed by atoms with Gasteiger partial charge in [-0.25, -0.2) is 14.3 Å². The second-order valence-electron chi connectivity index (χ2n) is 9.21. The third-order valence-corrected chi connectivity index (χ3v) is 6.77. The zero-order valence-electron chi connectivity index (χ0n) is 17.2. The van der Waals surface area contributed by atoms with Crippen LogP contribution in [0.2, 0.25) is 0 Å². The van der Waals surface area contributed by atoms with Crippen LogP contribution in [-0.2, 0) is 11.2 Å². The predicted molar refractivity (Wildman–Crippen MR) is 106 cm³/mol. The molecule has 0 spiro atoms. The minimum atomic E-state index is -4.47. The lowest BCUT2D eigenvalue weighted by Crippen LogP contribution is -2.38. The van der Waals surface area contributed by atoms with E-state index < -0.39 is 36.2 Å². The Hall–Kier alpha value is -2.85. The lowest BCUT2D eigenvalue weighted by molar-refractivity contribution is -0.154. The molecular weight excluding hydrogens is 427 g/mol. The number of nitrogens with zero attached hydrogens (tertiary/aromatic N) is 3. The monoisotopic (exact) mass is 451 g/mol. The quantitative estimate of drug-likeness (QED) is 0.600. The van der Waals surface area contributed by atoms with E-state index in [1.807, 2.05) is 5.32 Å². The number of imidazole rings is 1. The lowest BCUT2D eigenvalue weighted by Gasteiger charge is -2.25. The van der Waals surface area contributed by atoms with Crippen LogP contribution in [0.3, 0.4) is 0 Å². The number of alkyl halides is 3. The van der Waals surface area contributed by atoms with Gasteiger partial charge in [0.2, 0.25) is 5.91 Å². The van der Waals surface area contributed by atoms with Crippen LogP contribution in [0.15, 0.2) is 18.3 Å². The van der Waals surface area contributed by atoms with Gasteiger partial charge in [0.05, 0.1) is 23.6 Å². The molecule has 2 saturated carbocycles. The third-order valence-electron chi connectivity index (χ3n) is 6.77. The van der Waals surface area contributed by atoms with Crippen molar-refractivity contribution >= 4 is 17.6 Å². The zero-order chi connectivity index (χ0) is 22.6. The van der Waals surface area contributed by atoms with E-state index in [4.69, 9.17) is 0 Å². The molecule has 3 fully saturated rings. The van der Waals surface area contributed by atoms with Gasteiger partial charge in [-0.3, -0.25) is 4.79 Å². The summed E-state index contributed by atoms with van der Waals surface area (Å²) >= 11 is 0. The number of aromatic nitrogens is 3. The highest BCUT2D eigenvalue weighted by molar-refractivity contribution is 5.81. The third kappa shape index (κ3) is 4.24. The van der Waals surface area contributed by atoms with Gasteiger partial charge in [0, 0.05) is 12.3 Å². The fraction of sp³-hybridized carbons (Fsp3) is 0.619. The second-order valence-corrected chi connectivity index (χ2v) is 9.21. The van der Waals surface area contributed by atoms with E-state index in [0.717, 1.165) is 25.7 Å². The Morgan fingerprint density at radius 2 is 1.94 bits per heavy atom. The lowest BCUT2D eigenvalue weighted by atomic mass is 9.88. The van der Waals surface area contributed by atoms with Crippen LogP contribution in [-0.4, -0.2) is 43.9 Å². The summed E-state index contributed by atoms with van der Waals surface area (Å²) in [6.07, 6.45) is 0.274. The molecule has 3 atom stereocenters. The molecule has 3 N–H and O–H groups in total. The van der Waals surface area contributed by atoms with Crippen LogP contribution in [0, 0.1) is 23.7 Å². The van der Waals surface area contributed by atoms with E-state index in [1.54, 1.807) is 18.3 Å². The number of fused-ring (bicyclic) bond motifs is 1. The maximum Gasteiger partial charge on any atom is 0.408 e. The molecule has 2 aromatic rings. The van der Waals surface area contributed by atoms with Crippen molar-refractivity contribution < 1.29 is 27.9 Å². The number of hydrogen-bond donors (Lipinski definition) is 3. The first-order valence-corrected chi connectivity index (χ1v) is 10.9. The number of hydrogen-bond acceptors (Lipinski definition) is 4. The summed E-state index contributed by atoms with van der Waals surface area (Å²) in [4.78, 5) is 28.1. The molecule has 172 valence electrons. The van der Waals surface area contributed by atoms with Crippen molar-refractivity contribution in [2.75, 3.05) is 0 Å². The van der Waals surface area contributed by atoms with Crippen molar-refractivity contribution in [1.29, 1.82) is 0 Å². The maximum absolute atomic E-state index is 12.9. The number of carbonyl (C=O) groups is 2. The Morgan fingerprint density at radius 1 is 1.25 bits per heavy atom. The van der Waals surface area contributed by atoms with Crippen molar-refractivity contribution in [1.82, 2.24) is 25.2 Å². The summed E-state index contributed by atoms with van der Waals surface area (Å²) < 4.78 is 40.3. The van der Waals surface area contributed by atoms with Gasteiger partial charge in [-0.05, 0) is 62.0 Å². The Bertz CT molecular complexity index is 1030. The van der Waals surface area contributed by atoms with Gasteiger partial charge in [0.15, 0.2) is 5.65 Å². The number of carboxylic acid groups (broad SMARTS) is 1. The fourth-order valence-electron chi connectivity index (χ4n) is 4.97. The molecule has 2 aromatic heterocycles. The molecule has 32 heavy (non-hydrogen) atoms. The first kappa shape index (κ1) is 21.0. The molecule has 0 radical (unpaired) electrons. The molecule has 1 aliphatic heterocycles. The van der Waals surface area contributed by atoms with E-state index in [9.17, 15) is 27.9 Å². The summed E-state index contributed by atoms with van der Waals surface area (Å²) in [5.74, 6) is -0.227. The summed E-state index contributed by atoms with van der Waals surface area (Å²) in [5, 5.41) is 18.5. The van der Waals surface area contributed by atoms with Crippen molar-refractivity contribution in [3.8, 4) is 0 Å². The average molecular weight is 451 g/mol. The average Bonchev–Trinajstić information content (AvgIpc) is 3.63. The van der Waals surface area contributed by atoms with E-state index in [2.05, 4.69) is 15.4 Å². The Kier molecular flexibility index (Phi) is 5.01. The van der Waals surface area contributed by atoms with Crippen LogP contribution in [0.25, 0.3) is 5.65 Å². The van der Waals surface area contributed by atoms with Gasteiger partial charge in [0.1, 0.15) is 6.04 Å². The van der Waals surface area contributed by atoms with Crippen molar-refractivity contribution in [3.63, 3.8) is 0 Å². The molecule has 2 aliphatic carbocycles. The molecule has 1 saturated heterocycles. The highest BCUT2D eigenvalue weighted by Gasteiger charge is 2.48. The van der Waals surface area contributed by atoms with Gasteiger partial charge < -0.3 is 15.7 Å². The molecule has 1 unspecified atom stereocenters. The van der Waals surface area contributed by atoms with Crippen LogP contribution in [0.1, 0.15) is 49.5 Å². The van der Waals surface area contributed by atoms with Crippen molar-refractivity contribution in [3.05, 3.63) is 29.7 Å². The van der Waals surface area contributed by atoms with Crippen LogP contribution >= 0.6 is 0 Å². The smallest absolute Gasteiger partial charge is 0.408 e. The predicted octanol–water partition coefficient (Wildman–Crippen LogP) is 3.08. The number of carbonyl (C=O) groups excluding carboxylic acids is 1. The first-order valence-electron chi connectivity index (χ1n) is 10.9. The number of rotatable bonds is 7. The normalized spacial score (nSPS) is 24.7. The summed E-state index contributed by atoms with van der Waals surface area (Å²) in [6, 6.07) is 1.10. The van der Waals surface area contributed by atoms with Gasteiger partial charge in [-0.15, -0.1) is 0 Å². The Balaban J connectivity index is 1.37. The second kappa shape index (κ2) is 7.63. The fourth-order valence-corrected chi connectivity index (χ4v) is 4.97. The largest absolute Gasteiger partial charge is 0.465 e. The molecular formula is C21H24F3N5O3. The van der Waals surface area contributed by atoms with Gasteiger partial charge in [-0.2, -0.15) is 18.3 Å². The van der Waals surface area contributed by atoms with Crippen LogP contribution in [0.5, 0.6) is 0 Å². The van der Waals surface area contributed by atoms with Gasteiger partial charge >= 0.3 is 12.3 Å². The highest BCUT2D eigenvalue weighted by atomic mass is 19.4. The SMILES string of the molecule is O=C(O)NC(c1cn2nc(C[C@H]3C[C@@H](C(F)(F)F)NC3=O)ccc2n1)C(C1CC1)C1CC1. The standard InChI is InChI=1S/C21H24F3N5O3/c22-21(23,24)15-8-12(19(30)26-15)7-13-5-6-16-25-14(9-29(16)28-13)18(27-20(31)32)17(10-1-2-10)11-3-4-11/h5-6,9-12,15,17-18,27H,1-4,7-8H2,(H,26,30)(H,31,32)/t12-,15-,18?/m0/s1. The maximum atomic E-state index is 12.9. The Morgan fingerprint density at radius 3 is 2.50 bits per heavy atom. The van der Waals surface area contributed by atoms with E-state index >= 15 is 0 Å². The van der Waals surface area contributed by atoms with E-state index in [-0.39, 0.29) is 18.8 Å². The summed E-state index contributed by atoms with van der Waals surface area (Å²) in [6.45, 7) is 0. The molecule has 3 heterocycles. The molecule has 2 amide bonds. The minimum Gasteiger partial charge on any atom is -0.465 e. The van der Waals surface area contributed by atoms with Crippen LogP contribution < -0.4 is 10.6 Å². The molecule has 3 aliphatic rings. The van der Waals surface area contributed by atoms with E-state index in [1.165, 1.54) is 4.52 Å². The topological polar surface area (TPSA) is 109 Å². The van der Waals surface area contributed by atoms with E-state index in [0.29, 0.717) is 28.9 Å². The number of nitrogens with one attached hydrogen (secondary N) is 2. The summed E-state index contributed by atoms with van der Waals surface area (Å²) in [5.41, 5.74) is 1.60. The Labute approximate surface area is 181 Å². The van der Waals surface area contributed by atoms with Gasteiger partial charge in [-0.1, -0.05) is 0 Å². The molecule has 5 rings (SSSR count). The van der Waals surface area contributed by atoms with Crippen molar-refractivity contribution in [2.24, 2.45) is 23.7 Å².